The number of nitrogens with one attached hydrogen (secondary N) is 2. The Morgan fingerprint density at radius 2 is 2.05 bits per heavy atom. The molecule has 0 fully saturated rings. The van der Waals surface area contributed by atoms with E-state index in [0.717, 1.165) is 11.3 Å². The Bertz CT molecular complexity index is 783. The van der Waals surface area contributed by atoms with Crippen molar-refractivity contribution in [1.29, 1.82) is 0 Å². The van der Waals surface area contributed by atoms with Gasteiger partial charge in [0, 0.05) is 29.6 Å². The number of hydrogen-bond donors (Lipinski definition) is 2. The molecule has 0 radical (unpaired) electrons. The van der Waals surface area contributed by atoms with Crippen molar-refractivity contribution in [3.05, 3.63) is 76.0 Å². The maximum atomic E-state index is 12.2. The Morgan fingerprint density at radius 1 is 1.23 bits per heavy atom. The number of nitrogens with zero attached hydrogens (tertiary/aromatic N) is 2. The van der Waals surface area contributed by atoms with Gasteiger partial charge in [0.15, 0.2) is 5.16 Å². The number of H-pyrrole nitrogens is 2. The molecule has 0 aliphatic carbocycles. The largest absolute Gasteiger partial charge is 0.301 e. The summed E-state index contributed by atoms with van der Waals surface area (Å²) in [5, 5.41) is 7.32. The topological polar surface area (TPSA) is 74.4 Å². The molecule has 3 aromatic rings. The highest BCUT2D eigenvalue weighted by Crippen LogP contribution is 2.21. The molecule has 0 aliphatic rings. The van der Waals surface area contributed by atoms with Gasteiger partial charge < -0.3 is 4.98 Å². The first kappa shape index (κ1) is 14.6. The number of aromatic nitrogens is 4. The fourth-order valence-electron chi connectivity index (χ4n) is 2.17. The number of thioether (sulfide) groups is 1. The van der Waals surface area contributed by atoms with Crippen molar-refractivity contribution in [3.8, 4) is 0 Å². The summed E-state index contributed by atoms with van der Waals surface area (Å²) in [6.45, 7) is 1.97. The molecule has 0 aliphatic heterocycles. The Labute approximate surface area is 132 Å². The summed E-state index contributed by atoms with van der Waals surface area (Å²) < 4.78 is 0. The van der Waals surface area contributed by atoms with Crippen molar-refractivity contribution in [2.45, 2.75) is 23.8 Å². The van der Waals surface area contributed by atoms with Gasteiger partial charge in [-0.2, -0.15) is 5.10 Å². The molecule has 22 heavy (non-hydrogen) atoms. The average Bonchev–Trinajstić information content (AvgIpc) is 3.08. The fraction of sp³-hybridized carbons (Fsp3) is 0.188. The second kappa shape index (κ2) is 6.62. The molecule has 0 saturated carbocycles. The molecular formula is C16H16N4OS. The normalized spacial score (nSPS) is 12.2. The van der Waals surface area contributed by atoms with Crippen LogP contribution in [0.2, 0.25) is 0 Å². The highest BCUT2D eigenvalue weighted by Gasteiger charge is 2.14. The molecular weight excluding hydrogens is 296 g/mol. The minimum Gasteiger partial charge on any atom is -0.301 e. The molecule has 2 aromatic heterocycles. The minimum absolute atomic E-state index is 0.0387. The van der Waals surface area contributed by atoms with Crippen molar-refractivity contribution < 1.29 is 0 Å². The first-order valence-electron chi connectivity index (χ1n) is 6.98. The summed E-state index contributed by atoms with van der Waals surface area (Å²) in [7, 11) is 0. The van der Waals surface area contributed by atoms with Gasteiger partial charge in [0.1, 0.15) is 0 Å². The van der Waals surface area contributed by atoms with Crippen LogP contribution in [-0.4, -0.2) is 20.2 Å². The molecule has 2 heterocycles. The van der Waals surface area contributed by atoms with E-state index in [0.29, 0.717) is 10.7 Å². The summed E-state index contributed by atoms with van der Waals surface area (Å²) in [6, 6.07) is 10.1. The number of benzene rings is 1. The summed E-state index contributed by atoms with van der Waals surface area (Å²) in [5.41, 5.74) is 2.72. The summed E-state index contributed by atoms with van der Waals surface area (Å²) >= 11 is 1.52. The van der Waals surface area contributed by atoms with Crippen LogP contribution in [0.4, 0.5) is 0 Å². The smallest absolute Gasteiger partial charge is 0.255 e. The van der Waals surface area contributed by atoms with Crippen molar-refractivity contribution in [2.75, 3.05) is 0 Å². The van der Waals surface area contributed by atoms with Gasteiger partial charge in [-0.25, -0.2) is 4.98 Å². The summed E-state index contributed by atoms with van der Waals surface area (Å²) in [5.74, 6) is 0.739. The molecule has 0 spiro atoms. The van der Waals surface area contributed by atoms with E-state index < -0.39 is 0 Å². The third-order valence-corrected chi connectivity index (χ3v) is 4.47. The Hall–Kier alpha value is -2.34. The fourth-order valence-corrected chi connectivity index (χ4v) is 2.96. The van der Waals surface area contributed by atoms with Crippen LogP contribution in [0.5, 0.6) is 0 Å². The monoisotopic (exact) mass is 312 g/mol. The molecule has 0 amide bonds. The van der Waals surface area contributed by atoms with Crippen LogP contribution in [0.1, 0.15) is 29.5 Å². The lowest BCUT2D eigenvalue weighted by Crippen LogP contribution is -2.17. The maximum absolute atomic E-state index is 12.2. The van der Waals surface area contributed by atoms with Crippen LogP contribution in [-0.2, 0) is 5.75 Å². The van der Waals surface area contributed by atoms with E-state index in [9.17, 15) is 4.79 Å². The van der Waals surface area contributed by atoms with Gasteiger partial charge >= 0.3 is 0 Å². The van der Waals surface area contributed by atoms with Crippen LogP contribution < -0.4 is 5.56 Å². The van der Waals surface area contributed by atoms with E-state index in [2.05, 4.69) is 32.3 Å². The van der Waals surface area contributed by atoms with Gasteiger partial charge in [-0.15, -0.1) is 0 Å². The molecule has 0 bridgehead atoms. The first-order chi connectivity index (χ1) is 10.7. The lowest BCUT2D eigenvalue weighted by Gasteiger charge is -2.08. The molecule has 1 aromatic carbocycles. The number of hydrogen-bond acceptors (Lipinski definition) is 4. The maximum Gasteiger partial charge on any atom is 0.255 e. The second-order valence-electron chi connectivity index (χ2n) is 5.00. The third kappa shape index (κ3) is 3.28. The van der Waals surface area contributed by atoms with Crippen molar-refractivity contribution in [2.24, 2.45) is 0 Å². The molecule has 6 heteroatoms. The van der Waals surface area contributed by atoms with E-state index in [1.54, 1.807) is 18.6 Å². The summed E-state index contributed by atoms with van der Waals surface area (Å²) in [4.78, 5) is 19.5. The lowest BCUT2D eigenvalue weighted by molar-refractivity contribution is 0.831. The number of aromatic amines is 2. The average molecular weight is 312 g/mol. The van der Waals surface area contributed by atoms with Gasteiger partial charge in [-0.3, -0.25) is 9.89 Å². The Morgan fingerprint density at radius 3 is 2.73 bits per heavy atom. The van der Waals surface area contributed by atoms with Crippen LogP contribution in [0, 0.1) is 0 Å². The van der Waals surface area contributed by atoms with Gasteiger partial charge in [-0.05, 0) is 11.1 Å². The zero-order valence-corrected chi connectivity index (χ0v) is 12.9. The highest BCUT2D eigenvalue weighted by atomic mass is 32.2. The van der Waals surface area contributed by atoms with Crippen molar-refractivity contribution in [3.63, 3.8) is 0 Å². The summed E-state index contributed by atoms with van der Waals surface area (Å²) in [6.07, 6.45) is 5.17. The van der Waals surface area contributed by atoms with Gasteiger partial charge in [0.25, 0.3) is 5.56 Å². The van der Waals surface area contributed by atoms with Crippen LogP contribution in [0.25, 0.3) is 0 Å². The Kier molecular flexibility index (Phi) is 4.39. The van der Waals surface area contributed by atoms with Gasteiger partial charge in [0.05, 0.1) is 6.20 Å². The zero-order valence-electron chi connectivity index (χ0n) is 12.1. The van der Waals surface area contributed by atoms with E-state index >= 15 is 0 Å². The number of rotatable bonds is 5. The Balaban J connectivity index is 1.74. The first-order valence-corrected chi connectivity index (χ1v) is 7.97. The highest BCUT2D eigenvalue weighted by molar-refractivity contribution is 7.98. The van der Waals surface area contributed by atoms with Gasteiger partial charge in [0.2, 0.25) is 0 Å². The lowest BCUT2D eigenvalue weighted by atomic mass is 9.98. The molecule has 2 N–H and O–H groups in total. The zero-order chi connectivity index (χ0) is 15.4. The predicted octanol–water partition coefficient (Wildman–Crippen LogP) is 2.94. The second-order valence-corrected chi connectivity index (χ2v) is 5.96. The molecule has 1 unspecified atom stereocenters. The molecule has 3 rings (SSSR count). The SMILES string of the molecule is CC(c1cn[nH]c1)c1cnc(SCc2ccccc2)[nH]c1=O. The predicted molar refractivity (Wildman–Crippen MR) is 87.0 cm³/mol. The quantitative estimate of drug-likeness (QED) is 0.561. The molecule has 112 valence electrons. The molecule has 0 saturated heterocycles. The van der Waals surface area contributed by atoms with Crippen molar-refractivity contribution in [1.82, 2.24) is 20.2 Å². The minimum atomic E-state index is -0.0979. The van der Waals surface area contributed by atoms with Crippen LogP contribution in [0.3, 0.4) is 0 Å². The van der Waals surface area contributed by atoms with Crippen molar-refractivity contribution >= 4 is 11.8 Å². The van der Waals surface area contributed by atoms with Crippen LogP contribution in [0.15, 0.2) is 58.9 Å². The van der Waals surface area contributed by atoms with E-state index in [1.165, 1.54) is 17.3 Å². The van der Waals surface area contributed by atoms with E-state index in [-0.39, 0.29) is 11.5 Å². The van der Waals surface area contributed by atoms with Gasteiger partial charge in [-0.1, -0.05) is 49.0 Å². The third-order valence-electron chi connectivity index (χ3n) is 3.51. The van der Waals surface area contributed by atoms with Crippen LogP contribution >= 0.6 is 11.8 Å². The standard InChI is InChI=1S/C16H16N4OS/c1-11(13-7-18-19-8-13)14-9-17-16(20-15(14)21)22-10-12-5-3-2-4-6-12/h2-9,11H,10H2,1H3,(H,18,19)(H,17,20,21). The molecule has 1 atom stereocenters. The van der Waals surface area contributed by atoms with E-state index in [4.69, 9.17) is 0 Å². The molecule has 5 nitrogen and oxygen atoms in total. The van der Waals surface area contributed by atoms with E-state index in [1.807, 2.05) is 25.1 Å².